The van der Waals surface area contributed by atoms with E-state index < -0.39 is 21.5 Å². The standard InChI is InChI=1S/C22H34N2O6S/c1-6-24(17-10-8-7-9-11-17)20(25)15-30-21(26)16-12-13-18(29-5)19(14-16)31(27,28)23-22(2,3)4/h12-14,17,23H,6-11,15H2,1-5H3. The Morgan fingerprint density at radius 3 is 2.35 bits per heavy atom. The zero-order valence-electron chi connectivity index (χ0n) is 19.1. The van der Waals surface area contributed by atoms with Crippen molar-refractivity contribution in [1.29, 1.82) is 0 Å². The second-order valence-electron chi connectivity index (χ2n) is 8.77. The summed E-state index contributed by atoms with van der Waals surface area (Å²) in [6.45, 7) is 7.24. The molecule has 0 aromatic heterocycles. The Kier molecular flexibility index (Phi) is 8.48. The molecule has 1 N–H and O–H groups in total. The number of sulfonamides is 1. The summed E-state index contributed by atoms with van der Waals surface area (Å²) in [6.07, 6.45) is 5.31. The van der Waals surface area contributed by atoms with Crippen molar-refractivity contribution in [3.8, 4) is 5.75 Å². The van der Waals surface area contributed by atoms with Crippen molar-refractivity contribution < 1.29 is 27.5 Å². The molecule has 1 saturated carbocycles. The lowest BCUT2D eigenvalue weighted by Crippen LogP contribution is -2.43. The fourth-order valence-corrected chi connectivity index (χ4v) is 5.41. The molecule has 2 rings (SSSR count). The van der Waals surface area contributed by atoms with Crippen LogP contribution in [0.4, 0.5) is 0 Å². The Morgan fingerprint density at radius 1 is 1.16 bits per heavy atom. The van der Waals surface area contributed by atoms with Crippen LogP contribution in [0.25, 0.3) is 0 Å². The minimum Gasteiger partial charge on any atom is -0.495 e. The lowest BCUT2D eigenvalue weighted by molar-refractivity contribution is -0.137. The Balaban J connectivity index is 2.13. The number of benzene rings is 1. The number of carbonyl (C=O) groups excluding carboxylic acids is 2. The van der Waals surface area contributed by atoms with Gasteiger partial charge in [0, 0.05) is 18.1 Å². The van der Waals surface area contributed by atoms with Gasteiger partial charge in [-0.1, -0.05) is 19.3 Å². The Labute approximate surface area is 185 Å². The van der Waals surface area contributed by atoms with Crippen molar-refractivity contribution in [3.63, 3.8) is 0 Å². The highest BCUT2D eigenvalue weighted by atomic mass is 32.2. The number of esters is 1. The van der Waals surface area contributed by atoms with Crippen molar-refractivity contribution in [1.82, 2.24) is 9.62 Å². The van der Waals surface area contributed by atoms with E-state index in [0.717, 1.165) is 25.7 Å². The fourth-order valence-electron chi connectivity index (χ4n) is 3.80. The number of ether oxygens (including phenoxy) is 2. The zero-order chi connectivity index (χ0) is 23.2. The first-order chi connectivity index (χ1) is 14.5. The van der Waals surface area contributed by atoms with Gasteiger partial charge in [-0.05, 0) is 58.7 Å². The van der Waals surface area contributed by atoms with Gasteiger partial charge in [-0.3, -0.25) is 4.79 Å². The van der Waals surface area contributed by atoms with Crippen LogP contribution in [0, 0.1) is 0 Å². The van der Waals surface area contributed by atoms with Gasteiger partial charge in [0.2, 0.25) is 10.0 Å². The minimum atomic E-state index is -3.94. The molecule has 0 unspecified atom stereocenters. The Morgan fingerprint density at radius 2 is 1.81 bits per heavy atom. The maximum absolute atomic E-state index is 12.8. The number of methoxy groups -OCH3 is 1. The molecule has 1 aromatic carbocycles. The third kappa shape index (κ3) is 6.93. The van der Waals surface area contributed by atoms with Gasteiger partial charge >= 0.3 is 5.97 Å². The number of nitrogens with one attached hydrogen (secondary N) is 1. The maximum Gasteiger partial charge on any atom is 0.338 e. The van der Waals surface area contributed by atoms with Gasteiger partial charge in [-0.15, -0.1) is 0 Å². The molecule has 0 heterocycles. The molecule has 1 fully saturated rings. The zero-order valence-corrected chi connectivity index (χ0v) is 19.9. The van der Waals surface area contributed by atoms with Crippen LogP contribution in [0.1, 0.15) is 70.2 Å². The van der Waals surface area contributed by atoms with E-state index in [1.807, 2.05) is 6.92 Å². The number of likely N-dealkylation sites (N-methyl/N-ethyl adjacent to an activating group) is 1. The average molecular weight is 455 g/mol. The van der Waals surface area contributed by atoms with Crippen LogP contribution in [-0.2, 0) is 19.6 Å². The normalized spacial score (nSPS) is 15.4. The highest BCUT2D eigenvalue weighted by Crippen LogP contribution is 2.27. The van der Waals surface area contributed by atoms with E-state index in [2.05, 4.69) is 4.72 Å². The molecule has 9 heteroatoms. The molecule has 0 saturated heterocycles. The highest BCUT2D eigenvalue weighted by Gasteiger charge is 2.28. The van der Waals surface area contributed by atoms with Crippen LogP contribution in [-0.4, -0.2) is 57.0 Å². The SMILES string of the molecule is CCN(C(=O)COC(=O)c1ccc(OC)c(S(=O)(=O)NC(C)(C)C)c1)C1CCCCC1. The summed E-state index contributed by atoms with van der Waals surface area (Å²) in [5, 5.41) is 0. The first-order valence-corrected chi connectivity index (χ1v) is 12.2. The molecule has 0 atom stereocenters. The lowest BCUT2D eigenvalue weighted by Gasteiger charge is -2.33. The van der Waals surface area contributed by atoms with Crippen molar-refractivity contribution in [2.75, 3.05) is 20.3 Å². The second-order valence-corrected chi connectivity index (χ2v) is 10.4. The van der Waals surface area contributed by atoms with Gasteiger partial charge in [0.05, 0.1) is 12.7 Å². The Hall–Kier alpha value is -2.13. The monoisotopic (exact) mass is 454 g/mol. The van der Waals surface area contributed by atoms with Crippen LogP contribution in [0.2, 0.25) is 0 Å². The number of carbonyl (C=O) groups is 2. The molecular formula is C22H34N2O6S. The first kappa shape index (κ1) is 25.1. The van der Waals surface area contributed by atoms with Gasteiger partial charge in [0.15, 0.2) is 6.61 Å². The smallest absolute Gasteiger partial charge is 0.338 e. The molecule has 0 bridgehead atoms. The van der Waals surface area contributed by atoms with Crippen LogP contribution >= 0.6 is 0 Å². The van der Waals surface area contributed by atoms with Gasteiger partial charge < -0.3 is 14.4 Å². The molecule has 0 aliphatic heterocycles. The molecule has 0 spiro atoms. The molecular weight excluding hydrogens is 420 g/mol. The molecule has 0 radical (unpaired) electrons. The van der Waals surface area contributed by atoms with E-state index in [-0.39, 0.29) is 34.8 Å². The average Bonchev–Trinajstić information content (AvgIpc) is 2.71. The predicted molar refractivity (Wildman–Crippen MR) is 118 cm³/mol. The molecule has 8 nitrogen and oxygen atoms in total. The van der Waals surface area contributed by atoms with E-state index in [9.17, 15) is 18.0 Å². The summed E-state index contributed by atoms with van der Waals surface area (Å²) in [7, 11) is -2.58. The van der Waals surface area contributed by atoms with Crippen LogP contribution < -0.4 is 9.46 Å². The molecule has 1 aliphatic carbocycles. The van der Waals surface area contributed by atoms with Gasteiger partial charge in [0.25, 0.3) is 5.91 Å². The summed E-state index contributed by atoms with van der Waals surface area (Å²) >= 11 is 0. The molecule has 1 aromatic rings. The molecule has 1 amide bonds. The summed E-state index contributed by atoms with van der Waals surface area (Å²) in [5.41, 5.74) is -0.682. The van der Waals surface area contributed by atoms with Gasteiger partial charge in [0.1, 0.15) is 10.6 Å². The number of hydrogen-bond donors (Lipinski definition) is 1. The number of nitrogens with zero attached hydrogens (tertiary/aromatic N) is 1. The highest BCUT2D eigenvalue weighted by molar-refractivity contribution is 7.89. The largest absolute Gasteiger partial charge is 0.495 e. The van der Waals surface area contributed by atoms with Gasteiger partial charge in [-0.2, -0.15) is 0 Å². The number of hydrogen-bond acceptors (Lipinski definition) is 6. The maximum atomic E-state index is 12.8. The van der Waals surface area contributed by atoms with E-state index in [1.165, 1.54) is 31.7 Å². The summed E-state index contributed by atoms with van der Waals surface area (Å²) < 4.78 is 38.5. The van der Waals surface area contributed by atoms with E-state index in [1.54, 1.807) is 25.7 Å². The lowest BCUT2D eigenvalue weighted by atomic mass is 9.94. The summed E-state index contributed by atoms with van der Waals surface area (Å²) in [6, 6.07) is 4.21. The van der Waals surface area contributed by atoms with Gasteiger partial charge in [-0.25, -0.2) is 17.9 Å². The fraction of sp³-hybridized carbons (Fsp3) is 0.636. The topological polar surface area (TPSA) is 102 Å². The molecule has 174 valence electrons. The first-order valence-electron chi connectivity index (χ1n) is 10.7. The predicted octanol–water partition coefficient (Wildman–Crippen LogP) is 3.11. The quantitative estimate of drug-likeness (QED) is 0.606. The minimum absolute atomic E-state index is 0.0311. The summed E-state index contributed by atoms with van der Waals surface area (Å²) in [4.78, 5) is 26.8. The number of amides is 1. The van der Waals surface area contributed by atoms with E-state index in [4.69, 9.17) is 9.47 Å². The summed E-state index contributed by atoms with van der Waals surface area (Å²) in [5.74, 6) is -0.889. The number of rotatable bonds is 8. The van der Waals surface area contributed by atoms with Crippen molar-refractivity contribution in [2.24, 2.45) is 0 Å². The van der Waals surface area contributed by atoms with Crippen LogP contribution in [0.5, 0.6) is 5.75 Å². The van der Waals surface area contributed by atoms with Crippen LogP contribution in [0.15, 0.2) is 23.1 Å². The van der Waals surface area contributed by atoms with E-state index in [0.29, 0.717) is 6.54 Å². The Bertz CT molecular complexity index is 886. The van der Waals surface area contributed by atoms with E-state index >= 15 is 0 Å². The van der Waals surface area contributed by atoms with Crippen molar-refractivity contribution >= 4 is 21.9 Å². The third-order valence-electron chi connectivity index (χ3n) is 5.13. The molecule has 31 heavy (non-hydrogen) atoms. The van der Waals surface area contributed by atoms with Crippen molar-refractivity contribution in [2.45, 2.75) is 76.3 Å². The third-order valence-corrected chi connectivity index (χ3v) is 6.91. The molecule has 1 aliphatic rings. The van der Waals surface area contributed by atoms with Crippen LogP contribution in [0.3, 0.4) is 0 Å². The second kappa shape index (κ2) is 10.5. The van der Waals surface area contributed by atoms with Crippen molar-refractivity contribution in [3.05, 3.63) is 23.8 Å².